The molecule has 2 heteroatoms. The summed E-state index contributed by atoms with van der Waals surface area (Å²) in [6, 6.07) is 23.4. The van der Waals surface area contributed by atoms with Crippen molar-refractivity contribution in [3.8, 4) is 28.0 Å². The second-order valence-corrected chi connectivity index (χ2v) is 4.68. The summed E-state index contributed by atoms with van der Waals surface area (Å²) < 4.78 is 0. The number of rotatable bonds is 2. The summed E-state index contributed by atoms with van der Waals surface area (Å²) in [5.74, 6) is 0.206. The van der Waals surface area contributed by atoms with E-state index in [1.54, 1.807) is 18.2 Å². The Hall–Kier alpha value is -2.74. The summed E-state index contributed by atoms with van der Waals surface area (Å²) in [6.07, 6.45) is 0. The molecule has 0 unspecified atom stereocenters. The molecule has 0 aliphatic carbocycles. The van der Waals surface area contributed by atoms with Crippen LogP contribution in [-0.2, 0) is 0 Å². The molecule has 0 aliphatic rings. The monoisotopic (exact) mass is 261 g/mol. The molecule has 0 saturated carbocycles. The third-order valence-electron chi connectivity index (χ3n) is 3.36. The fourth-order valence-electron chi connectivity index (χ4n) is 2.33. The van der Waals surface area contributed by atoms with Gasteiger partial charge < -0.3 is 10.8 Å². The van der Waals surface area contributed by atoms with Crippen molar-refractivity contribution in [1.29, 1.82) is 0 Å². The number of hydrogen-bond acceptors (Lipinski definition) is 2. The summed E-state index contributed by atoms with van der Waals surface area (Å²) in [4.78, 5) is 0. The van der Waals surface area contributed by atoms with E-state index in [-0.39, 0.29) is 5.75 Å². The lowest BCUT2D eigenvalue weighted by molar-refractivity contribution is 0.477. The van der Waals surface area contributed by atoms with Crippen LogP contribution >= 0.6 is 0 Å². The van der Waals surface area contributed by atoms with Crippen LogP contribution < -0.4 is 5.73 Å². The number of anilines is 1. The summed E-state index contributed by atoms with van der Waals surface area (Å²) in [5.41, 5.74) is 10.4. The number of aromatic hydroxyl groups is 1. The van der Waals surface area contributed by atoms with Crippen molar-refractivity contribution < 1.29 is 5.11 Å². The Morgan fingerprint density at radius 3 is 1.85 bits per heavy atom. The smallest absolute Gasteiger partial charge is 0.125 e. The van der Waals surface area contributed by atoms with Gasteiger partial charge in [-0.15, -0.1) is 0 Å². The summed E-state index contributed by atoms with van der Waals surface area (Å²) in [5, 5.41) is 9.95. The molecule has 0 heterocycles. The summed E-state index contributed by atoms with van der Waals surface area (Å²) >= 11 is 0. The molecule has 3 aromatic carbocycles. The highest BCUT2D eigenvalue weighted by Crippen LogP contribution is 2.35. The predicted octanol–water partition coefficient (Wildman–Crippen LogP) is 4.31. The zero-order chi connectivity index (χ0) is 13.9. The first kappa shape index (κ1) is 12.3. The first-order valence-corrected chi connectivity index (χ1v) is 6.49. The molecule has 0 aliphatic heterocycles. The van der Waals surface area contributed by atoms with E-state index in [1.807, 2.05) is 42.5 Å². The molecule has 3 rings (SSSR count). The zero-order valence-electron chi connectivity index (χ0n) is 11.0. The van der Waals surface area contributed by atoms with E-state index >= 15 is 0 Å². The van der Waals surface area contributed by atoms with Crippen molar-refractivity contribution in [3.05, 3.63) is 72.8 Å². The molecule has 0 radical (unpaired) electrons. The SMILES string of the molecule is Nc1cccc(O)c1-c1ccc(-c2ccccc2)cc1. The largest absolute Gasteiger partial charge is 0.507 e. The molecular formula is C18H15NO. The standard InChI is InChI=1S/C18H15NO/c19-16-7-4-8-17(20)18(16)15-11-9-14(10-12-15)13-5-2-1-3-6-13/h1-12,20H,19H2. The Balaban J connectivity index is 2.02. The molecule has 3 aromatic rings. The van der Waals surface area contributed by atoms with Gasteiger partial charge >= 0.3 is 0 Å². The van der Waals surface area contributed by atoms with Gasteiger partial charge in [-0.05, 0) is 28.8 Å². The number of benzene rings is 3. The number of nitrogen functional groups attached to an aromatic ring is 1. The lowest BCUT2D eigenvalue weighted by atomic mass is 9.99. The number of hydrogen-bond donors (Lipinski definition) is 2. The molecule has 0 amide bonds. The third kappa shape index (κ3) is 2.24. The molecule has 2 nitrogen and oxygen atoms in total. The minimum Gasteiger partial charge on any atom is -0.507 e. The second-order valence-electron chi connectivity index (χ2n) is 4.68. The minimum absolute atomic E-state index is 0.206. The molecule has 0 atom stereocenters. The maximum atomic E-state index is 9.95. The first-order valence-electron chi connectivity index (χ1n) is 6.49. The van der Waals surface area contributed by atoms with E-state index in [1.165, 1.54) is 5.56 Å². The molecule has 98 valence electrons. The molecule has 0 saturated heterocycles. The van der Waals surface area contributed by atoms with Crippen molar-refractivity contribution in [2.24, 2.45) is 0 Å². The number of phenolic OH excluding ortho intramolecular Hbond substituents is 1. The second kappa shape index (κ2) is 5.10. The van der Waals surface area contributed by atoms with Gasteiger partial charge in [-0.3, -0.25) is 0 Å². The topological polar surface area (TPSA) is 46.2 Å². The van der Waals surface area contributed by atoms with E-state index in [4.69, 9.17) is 5.73 Å². The van der Waals surface area contributed by atoms with E-state index in [0.717, 1.165) is 11.1 Å². The maximum Gasteiger partial charge on any atom is 0.125 e. The van der Waals surface area contributed by atoms with Gasteiger partial charge in [0.05, 0.1) is 0 Å². The van der Waals surface area contributed by atoms with Gasteiger partial charge in [0.25, 0.3) is 0 Å². The van der Waals surface area contributed by atoms with Crippen LogP contribution in [0.25, 0.3) is 22.3 Å². The average molecular weight is 261 g/mol. The lowest BCUT2D eigenvalue weighted by Gasteiger charge is -2.09. The fourth-order valence-corrected chi connectivity index (χ4v) is 2.33. The highest BCUT2D eigenvalue weighted by molar-refractivity contribution is 5.82. The van der Waals surface area contributed by atoms with Crippen LogP contribution in [0.5, 0.6) is 5.75 Å². The van der Waals surface area contributed by atoms with Gasteiger partial charge in [0.2, 0.25) is 0 Å². The number of phenols is 1. The van der Waals surface area contributed by atoms with Crippen molar-refractivity contribution in [2.45, 2.75) is 0 Å². The highest BCUT2D eigenvalue weighted by atomic mass is 16.3. The highest BCUT2D eigenvalue weighted by Gasteiger charge is 2.08. The Bertz CT molecular complexity index is 698. The van der Waals surface area contributed by atoms with Gasteiger partial charge in [0.1, 0.15) is 5.75 Å². The maximum absolute atomic E-state index is 9.95. The van der Waals surface area contributed by atoms with Crippen LogP contribution in [0.1, 0.15) is 0 Å². The van der Waals surface area contributed by atoms with Crippen molar-refractivity contribution in [3.63, 3.8) is 0 Å². The first-order chi connectivity index (χ1) is 9.75. The average Bonchev–Trinajstić information content (AvgIpc) is 2.49. The quantitative estimate of drug-likeness (QED) is 0.675. The Kier molecular flexibility index (Phi) is 3.13. The van der Waals surface area contributed by atoms with Crippen LogP contribution in [0.2, 0.25) is 0 Å². The summed E-state index contributed by atoms with van der Waals surface area (Å²) in [6.45, 7) is 0. The van der Waals surface area contributed by atoms with Crippen LogP contribution in [0.15, 0.2) is 72.8 Å². The third-order valence-corrected chi connectivity index (χ3v) is 3.36. The Morgan fingerprint density at radius 2 is 1.20 bits per heavy atom. The zero-order valence-corrected chi connectivity index (χ0v) is 11.0. The van der Waals surface area contributed by atoms with Crippen LogP contribution in [0, 0.1) is 0 Å². The molecule has 0 fully saturated rings. The van der Waals surface area contributed by atoms with Gasteiger partial charge in [-0.25, -0.2) is 0 Å². The molecule has 0 aromatic heterocycles. The van der Waals surface area contributed by atoms with E-state index in [2.05, 4.69) is 12.1 Å². The Morgan fingerprint density at radius 1 is 0.600 bits per heavy atom. The van der Waals surface area contributed by atoms with Crippen molar-refractivity contribution >= 4 is 5.69 Å². The van der Waals surface area contributed by atoms with Gasteiger partial charge in [0, 0.05) is 11.3 Å². The van der Waals surface area contributed by atoms with Crippen LogP contribution in [0.3, 0.4) is 0 Å². The van der Waals surface area contributed by atoms with Gasteiger partial charge in [0.15, 0.2) is 0 Å². The fraction of sp³-hybridized carbons (Fsp3) is 0. The molecule has 0 spiro atoms. The van der Waals surface area contributed by atoms with Crippen LogP contribution in [0.4, 0.5) is 5.69 Å². The van der Waals surface area contributed by atoms with Gasteiger partial charge in [-0.2, -0.15) is 0 Å². The van der Waals surface area contributed by atoms with Gasteiger partial charge in [-0.1, -0.05) is 60.7 Å². The molecule has 20 heavy (non-hydrogen) atoms. The van der Waals surface area contributed by atoms with E-state index < -0.39 is 0 Å². The number of nitrogens with two attached hydrogens (primary N) is 1. The minimum atomic E-state index is 0.206. The molecule has 3 N–H and O–H groups in total. The van der Waals surface area contributed by atoms with Crippen molar-refractivity contribution in [2.75, 3.05) is 5.73 Å². The Labute approximate surface area is 118 Å². The van der Waals surface area contributed by atoms with E-state index in [0.29, 0.717) is 11.3 Å². The predicted molar refractivity (Wildman–Crippen MR) is 83.4 cm³/mol. The van der Waals surface area contributed by atoms with Crippen LogP contribution in [-0.4, -0.2) is 5.11 Å². The van der Waals surface area contributed by atoms with Crippen molar-refractivity contribution in [1.82, 2.24) is 0 Å². The lowest BCUT2D eigenvalue weighted by Crippen LogP contribution is -1.90. The summed E-state index contributed by atoms with van der Waals surface area (Å²) in [7, 11) is 0. The normalized spacial score (nSPS) is 10.4. The van der Waals surface area contributed by atoms with E-state index in [9.17, 15) is 5.11 Å². The molecular weight excluding hydrogens is 246 g/mol. The molecule has 0 bridgehead atoms.